The fraction of sp³-hybridized carbons (Fsp3) is 0.345. The van der Waals surface area contributed by atoms with E-state index in [4.69, 9.17) is 4.42 Å². The average Bonchev–Trinajstić information content (AvgIpc) is 3.59. The molecule has 0 saturated carbocycles. The number of benzene rings is 2. The maximum absolute atomic E-state index is 11.5. The number of allylic oxidation sites excluding steroid dienone is 2. The molecule has 2 aromatic heterocycles. The van der Waals surface area contributed by atoms with Gasteiger partial charge in [0.25, 0.3) is 25.2 Å². The summed E-state index contributed by atoms with van der Waals surface area (Å²) in [5.41, 5.74) is 6.07. The fourth-order valence-corrected chi connectivity index (χ4v) is 8.46. The first-order valence-electron chi connectivity index (χ1n) is 13.5. The molecule has 0 spiro atoms. The van der Waals surface area contributed by atoms with E-state index in [-0.39, 0.29) is 24.3 Å². The Labute approximate surface area is 254 Å². The number of fused-ring (bicyclic) bond motifs is 4. The lowest BCUT2D eigenvalue weighted by molar-refractivity contribution is -0.667. The van der Waals surface area contributed by atoms with Crippen molar-refractivity contribution in [2.75, 3.05) is 23.0 Å². The van der Waals surface area contributed by atoms with Crippen molar-refractivity contribution in [2.45, 2.75) is 51.5 Å². The second kappa shape index (κ2) is 12.1. The lowest BCUT2D eigenvalue weighted by atomic mass is 10.1. The zero-order chi connectivity index (χ0) is 30.2. The van der Waals surface area contributed by atoms with Crippen LogP contribution >= 0.6 is 23.1 Å². The molecule has 5 rings (SSSR count). The van der Waals surface area contributed by atoms with Gasteiger partial charge in [0, 0.05) is 23.9 Å². The Balaban J connectivity index is 1.56. The predicted octanol–water partition coefficient (Wildman–Crippen LogP) is 6.35. The lowest BCUT2D eigenvalue weighted by Crippen LogP contribution is -2.36. The third-order valence-electron chi connectivity index (χ3n) is 7.26. The van der Waals surface area contributed by atoms with Crippen LogP contribution in [0.4, 0.5) is 5.69 Å². The first-order chi connectivity index (χ1) is 19.8. The summed E-state index contributed by atoms with van der Waals surface area (Å²) in [6.45, 7) is 7.01. The fourth-order valence-electron chi connectivity index (χ4n) is 5.04. The molecule has 0 unspecified atom stereocenters. The first-order valence-corrected chi connectivity index (χ1v) is 18.4. The number of aryl methyl sites for hydroxylation is 3. The maximum atomic E-state index is 11.5. The lowest BCUT2D eigenvalue weighted by Gasteiger charge is -2.21. The van der Waals surface area contributed by atoms with Crippen molar-refractivity contribution in [2.24, 2.45) is 0 Å². The van der Waals surface area contributed by atoms with E-state index in [2.05, 4.69) is 54.5 Å². The van der Waals surface area contributed by atoms with Gasteiger partial charge in [-0.15, -0.1) is 0 Å². The van der Waals surface area contributed by atoms with Gasteiger partial charge < -0.3 is 9.32 Å². The van der Waals surface area contributed by atoms with Crippen molar-refractivity contribution in [1.29, 1.82) is 0 Å². The highest BCUT2D eigenvalue weighted by atomic mass is 32.2. The number of thiazole rings is 1. The van der Waals surface area contributed by atoms with E-state index in [1.54, 1.807) is 29.4 Å². The van der Waals surface area contributed by atoms with Gasteiger partial charge in [0.1, 0.15) is 10.3 Å². The molecule has 9 nitrogen and oxygen atoms in total. The highest BCUT2D eigenvalue weighted by Gasteiger charge is 2.27. The van der Waals surface area contributed by atoms with Gasteiger partial charge in [0.2, 0.25) is 5.52 Å². The second-order valence-electron chi connectivity index (χ2n) is 10.3. The largest absolute Gasteiger partial charge is 0.464 e. The van der Waals surface area contributed by atoms with Crippen LogP contribution in [0.1, 0.15) is 42.3 Å². The Bertz CT molecular complexity index is 1940. The van der Waals surface area contributed by atoms with Crippen LogP contribution in [0, 0.1) is 13.8 Å². The number of hydrogen-bond acceptors (Lipinski definition) is 8. The van der Waals surface area contributed by atoms with Gasteiger partial charge >= 0.3 is 0 Å². The van der Waals surface area contributed by atoms with Crippen LogP contribution in [0.25, 0.3) is 27.3 Å². The quantitative estimate of drug-likeness (QED) is 0.141. The van der Waals surface area contributed by atoms with E-state index in [1.807, 2.05) is 18.2 Å². The molecule has 1 aliphatic heterocycles. The summed E-state index contributed by atoms with van der Waals surface area (Å²) in [4.78, 5) is 3.21. The molecule has 0 aliphatic carbocycles. The van der Waals surface area contributed by atoms with Gasteiger partial charge in [-0.3, -0.25) is 9.11 Å². The molecule has 1 aliphatic rings. The summed E-state index contributed by atoms with van der Waals surface area (Å²) in [6, 6.07) is 10.1. The molecule has 0 fully saturated rings. The molecule has 2 aromatic carbocycles. The molecule has 2 N–H and O–H groups in total. The third kappa shape index (κ3) is 6.92. The smallest absolute Gasteiger partial charge is 0.265 e. The minimum atomic E-state index is -4.09. The molecule has 0 amide bonds. The summed E-state index contributed by atoms with van der Waals surface area (Å²) in [5.74, 6) is -0.648. The Morgan fingerprint density at radius 2 is 1.74 bits per heavy atom. The molecular formula is C29H33N2O7S4+. The molecule has 42 heavy (non-hydrogen) atoms. The summed E-state index contributed by atoms with van der Waals surface area (Å²) >= 11 is 3.23. The van der Waals surface area contributed by atoms with Crippen molar-refractivity contribution < 1.29 is 34.9 Å². The molecule has 13 heteroatoms. The van der Waals surface area contributed by atoms with Crippen LogP contribution in [0.3, 0.4) is 0 Å². The van der Waals surface area contributed by atoms with E-state index in [1.165, 1.54) is 5.56 Å². The number of rotatable bonds is 11. The molecule has 0 atom stereocenters. The van der Waals surface area contributed by atoms with Crippen LogP contribution in [-0.4, -0.2) is 44.0 Å². The highest BCUT2D eigenvalue weighted by molar-refractivity contribution is 8.03. The highest BCUT2D eigenvalue weighted by Crippen LogP contribution is 2.47. The number of aromatic nitrogens is 1. The second-order valence-corrected chi connectivity index (χ2v) is 15.6. The van der Waals surface area contributed by atoms with Gasteiger partial charge in [-0.1, -0.05) is 30.0 Å². The van der Waals surface area contributed by atoms with E-state index in [9.17, 15) is 25.9 Å². The molecule has 0 saturated heterocycles. The molecule has 4 aromatic rings. The number of anilines is 1. The van der Waals surface area contributed by atoms with E-state index < -0.39 is 20.2 Å². The van der Waals surface area contributed by atoms with Crippen molar-refractivity contribution in [3.63, 3.8) is 0 Å². The monoisotopic (exact) mass is 649 g/mol. The number of thioether (sulfide) groups is 1. The van der Waals surface area contributed by atoms with Crippen LogP contribution < -0.4 is 9.47 Å². The zero-order valence-corrected chi connectivity index (χ0v) is 26.8. The summed E-state index contributed by atoms with van der Waals surface area (Å²) in [7, 11) is -8.15. The molecule has 3 heterocycles. The third-order valence-corrected chi connectivity index (χ3v) is 11.1. The van der Waals surface area contributed by atoms with Crippen molar-refractivity contribution >= 4 is 76.3 Å². The average molecular weight is 650 g/mol. The minimum absolute atomic E-state index is 0.248. The summed E-state index contributed by atoms with van der Waals surface area (Å²) in [6.07, 6.45) is 7.10. The van der Waals surface area contributed by atoms with E-state index >= 15 is 0 Å². The van der Waals surface area contributed by atoms with Crippen molar-refractivity contribution in [3.05, 3.63) is 69.4 Å². The zero-order valence-electron chi connectivity index (χ0n) is 23.5. The normalized spacial score (nSPS) is 15.4. The van der Waals surface area contributed by atoms with Gasteiger partial charge in [-0.25, -0.2) is 0 Å². The Kier molecular flexibility index (Phi) is 8.89. The van der Waals surface area contributed by atoms with Gasteiger partial charge in [0.05, 0.1) is 33.9 Å². The maximum Gasteiger partial charge on any atom is 0.265 e. The van der Waals surface area contributed by atoms with Crippen LogP contribution in [-0.2, 0) is 26.8 Å². The molecule has 0 bridgehead atoms. The molecule has 0 radical (unpaired) electrons. The number of hydrogen-bond donors (Lipinski definition) is 2. The van der Waals surface area contributed by atoms with Crippen molar-refractivity contribution in [3.8, 4) is 0 Å². The molecular weight excluding hydrogens is 617 g/mol. The van der Waals surface area contributed by atoms with Crippen molar-refractivity contribution in [1.82, 2.24) is 0 Å². The summed E-state index contributed by atoms with van der Waals surface area (Å²) < 4.78 is 73.1. The van der Waals surface area contributed by atoms with Gasteiger partial charge in [-0.2, -0.15) is 21.4 Å². The number of nitrogens with zero attached hydrogens (tertiary/aromatic N) is 2. The predicted molar refractivity (Wildman–Crippen MR) is 169 cm³/mol. The molecule has 224 valence electrons. The standard InChI is InChI=1S/C29H32N2O7S4/c1-4-21(17-27-30(10-5-13-41(32,33)34)23-15-19(2)20(3)16-26(23)40-27)18-28-31(11-6-14-42(35,36)37)29-22-9-12-38-24(22)7-8-25(29)39-28/h7-9,12,15-18H,4-6,10-11,13-14H2,1-3H3,(H-,32,33,34,35,36,37)/p+1. The SMILES string of the molecule is CCC(/C=C1\Sc2cc(C)c(C)cc2N1CCCS(=O)(=O)O)=C\c1sc2ccc3occc3c2[n+]1CCCS(=O)(=O)O. The van der Waals surface area contributed by atoms with Crippen LogP contribution in [0.2, 0.25) is 0 Å². The topological polar surface area (TPSA) is 129 Å². The van der Waals surface area contributed by atoms with Crippen LogP contribution in [0.15, 0.2) is 62.6 Å². The number of furan rings is 1. The van der Waals surface area contributed by atoms with Gasteiger partial charge in [-0.05, 0) is 79.8 Å². The van der Waals surface area contributed by atoms with E-state index in [0.717, 1.165) is 59.4 Å². The minimum Gasteiger partial charge on any atom is -0.464 e. The Hall–Kier alpha value is -2.68. The van der Waals surface area contributed by atoms with E-state index in [0.29, 0.717) is 13.1 Å². The van der Waals surface area contributed by atoms with Gasteiger partial charge in [0.15, 0.2) is 6.54 Å². The Morgan fingerprint density at radius 1 is 1.02 bits per heavy atom. The van der Waals surface area contributed by atoms with Crippen LogP contribution in [0.5, 0.6) is 0 Å². The first kappa shape index (κ1) is 30.8. The summed E-state index contributed by atoms with van der Waals surface area (Å²) in [5, 5.41) is 2.84. The Morgan fingerprint density at radius 3 is 2.45 bits per heavy atom.